The van der Waals surface area contributed by atoms with E-state index in [2.05, 4.69) is 15.3 Å². The third-order valence-electron chi connectivity index (χ3n) is 4.81. The molecule has 0 saturated heterocycles. The SMILES string of the molecule is CC(C)(C)c1ccc(S(=O)(=O)c2cnc(SCC(=O)NCc3ccc(Cl)cc3)[nH]c2=O)cc1. The van der Waals surface area contributed by atoms with Gasteiger partial charge in [-0.15, -0.1) is 0 Å². The highest BCUT2D eigenvalue weighted by Gasteiger charge is 2.23. The molecule has 7 nitrogen and oxygen atoms in total. The van der Waals surface area contributed by atoms with Gasteiger partial charge in [-0.2, -0.15) is 0 Å². The molecule has 0 bridgehead atoms. The Morgan fingerprint density at radius 2 is 1.73 bits per heavy atom. The first kappa shape index (κ1) is 25.0. The molecule has 0 spiro atoms. The molecular weight excluding hydrogens is 482 g/mol. The average Bonchev–Trinajstić information content (AvgIpc) is 2.76. The second-order valence-corrected chi connectivity index (χ2v) is 11.7. The molecule has 0 saturated carbocycles. The van der Waals surface area contributed by atoms with Gasteiger partial charge in [0.2, 0.25) is 15.7 Å². The van der Waals surface area contributed by atoms with Gasteiger partial charge in [-0.3, -0.25) is 9.59 Å². The third kappa shape index (κ3) is 6.46. The van der Waals surface area contributed by atoms with E-state index >= 15 is 0 Å². The summed E-state index contributed by atoms with van der Waals surface area (Å²) in [7, 11) is -4.03. The fourth-order valence-corrected chi connectivity index (χ4v) is 4.90. The van der Waals surface area contributed by atoms with E-state index in [1.54, 1.807) is 24.3 Å². The van der Waals surface area contributed by atoms with Crippen molar-refractivity contribution >= 4 is 39.1 Å². The van der Waals surface area contributed by atoms with Crippen LogP contribution in [0.2, 0.25) is 5.02 Å². The lowest BCUT2D eigenvalue weighted by atomic mass is 9.87. The zero-order valence-corrected chi connectivity index (χ0v) is 20.8. The number of halogens is 1. The van der Waals surface area contributed by atoms with Gasteiger partial charge in [0.1, 0.15) is 0 Å². The minimum atomic E-state index is -4.03. The average molecular weight is 506 g/mol. The standard InChI is InChI=1S/C23H24ClN3O4S2/c1-23(2,3)16-6-10-18(11-7-16)33(30,31)19-13-26-22(27-21(19)29)32-14-20(28)25-12-15-4-8-17(24)9-5-15/h4-11,13H,12,14H2,1-3H3,(H,25,28)(H,26,27,29). The highest BCUT2D eigenvalue weighted by atomic mass is 35.5. The van der Waals surface area contributed by atoms with Crippen molar-refractivity contribution in [1.82, 2.24) is 15.3 Å². The van der Waals surface area contributed by atoms with Crippen LogP contribution < -0.4 is 10.9 Å². The van der Waals surface area contributed by atoms with Crippen molar-refractivity contribution in [2.24, 2.45) is 0 Å². The molecule has 1 heterocycles. The number of hydrogen-bond acceptors (Lipinski definition) is 6. The summed E-state index contributed by atoms with van der Waals surface area (Å²) in [5.41, 5.74) is 0.972. The highest BCUT2D eigenvalue weighted by Crippen LogP contribution is 2.25. The van der Waals surface area contributed by atoms with Crippen molar-refractivity contribution in [1.29, 1.82) is 0 Å². The first-order valence-electron chi connectivity index (χ1n) is 10.1. The molecule has 3 aromatic rings. The van der Waals surface area contributed by atoms with Crippen molar-refractivity contribution in [2.75, 3.05) is 5.75 Å². The van der Waals surface area contributed by atoms with Crippen molar-refractivity contribution in [3.63, 3.8) is 0 Å². The Bertz CT molecular complexity index is 1300. The summed E-state index contributed by atoms with van der Waals surface area (Å²) in [6.45, 7) is 6.42. The second-order valence-electron chi connectivity index (χ2n) is 8.35. The van der Waals surface area contributed by atoms with Crippen LogP contribution in [-0.4, -0.2) is 30.0 Å². The normalized spacial score (nSPS) is 11.9. The lowest BCUT2D eigenvalue weighted by Gasteiger charge is -2.19. The Morgan fingerprint density at radius 3 is 2.30 bits per heavy atom. The minimum Gasteiger partial charge on any atom is -0.351 e. The van der Waals surface area contributed by atoms with Crippen LogP contribution in [-0.2, 0) is 26.6 Å². The first-order chi connectivity index (χ1) is 15.5. The minimum absolute atomic E-state index is 0.0108. The summed E-state index contributed by atoms with van der Waals surface area (Å²) >= 11 is 6.84. The van der Waals surface area contributed by atoms with Gasteiger partial charge in [-0.05, 0) is 40.8 Å². The largest absolute Gasteiger partial charge is 0.351 e. The molecule has 2 aromatic carbocycles. The number of hydrogen-bond donors (Lipinski definition) is 2. The van der Waals surface area contributed by atoms with Gasteiger partial charge >= 0.3 is 0 Å². The number of carbonyl (C=O) groups is 1. The number of amides is 1. The maximum absolute atomic E-state index is 12.9. The quantitative estimate of drug-likeness (QED) is 0.371. The summed E-state index contributed by atoms with van der Waals surface area (Å²) < 4.78 is 25.8. The molecule has 0 radical (unpaired) electrons. The van der Waals surface area contributed by atoms with Gasteiger partial charge in [-0.1, -0.05) is 68.4 Å². The summed E-state index contributed by atoms with van der Waals surface area (Å²) in [5, 5.41) is 3.53. The van der Waals surface area contributed by atoms with Crippen LogP contribution in [0.25, 0.3) is 0 Å². The van der Waals surface area contributed by atoms with Gasteiger partial charge in [0, 0.05) is 11.6 Å². The predicted octanol–water partition coefficient (Wildman–Crippen LogP) is 3.96. The fourth-order valence-electron chi connectivity index (χ4n) is 2.88. The van der Waals surface area contributed by atoms with Crippen LogP contribution in [0, 0.1) is 0 Å². The zero-order chi connectivity index (χ0) is 24.2. The van der Waals surface area contributed by atoms with E-state index in [9.17, 15) is 18.0 Å². The molecule has 174 valence electrons. The van der Waals surface area contributed by atoms with E-state index < -0.39 is 20.3 Å². The van der Waals surface area contributed by atoms with E-state index in [-0.39, 0.29) is 27.1 Å². The fraction of sp³-hybridized carbons (Fsp3) is 0.261. The zero-order valence-electron chi connectivity index (χ0n) is 18.4. The van der Waals surface area contributed by atoms with Crippen molar-refractivity contribution in [3.05, 3.63) is 81.2 Å². The number of sulfone groups is 1. The summed E-state index contributed by atoms with van der Waals surface area (Å²) in [6.07, 6.45) is 1.03. The Balaban J connectivity index is 1.64. The predicted molar refractivity (Wildman–Crippen MR) is 129 cm³/mol. The molecular formula is C23H24ClN3O4S2. The molecule has 3 rings (SSSR count). The highest BCUT2D eigenvalue weighted by molar-refractivity contribution is 7.99. The number of aromatic amines is 1. The van der Waals surface area contributed by atoms with Crippen LogP contribution in [0.15, 0.2) is 74.5 Å². The number of rotatable bonds is 7. The van der Waals surface area contributed by atoms with Crippen LogP contribution in [0.4, 0.5) is 0 Å². The number of benzene rings is 2. The number of aromatic nitrogens is 2. The van der Waals surface area contributed by atoms with Gasteiger partial charge in [0.05, 0.1) is 16.8 Å². The Morgan fingerprint density at radius 1 is 1.09 bits per heavy atom. The maximum atomic E-state index is 12.9. The molecule has 10 heteroatoms. The Hall–Kier alpha value is -2.62. The molecule has 0 fully saturated rings. The van der Waals surface area contributed by atoms with Crippen molar-refractivity contribution in [3.8, 4) is 0 Å². The summed E-state index contributed by atoms with van der Waals surface area (Å²) in [5.74, 6) is -0.245. The molecule has 0 atom stereocenters. The van der Waals surface area contributed by atoms with Gasteiger partial charge in [-0.25, -0.2) is 13.4 Å². The number of carbonyl (C=O) groups excluding carboxylic acids is 1. The van der Waals surface area contributed by atoms with E-state index in [1.165, 1.54) is 12.1 Å². The lowest BCUT2D eigenvalue weighted by molar-refractivity contribution is -0.118. The molecule has 2 N–H and O–H groups in total. The van der Waals surface area contributed by atoms with Crippen molar-refractivity contribution in [2.45, 2.75) is 47.7 Å². The van der Waals surface area contributed by atoms with Gasteiger partial charge < -0.3 is 10.3 Å². The van der Waals surface area contributed by atoms with Crippen LogP contribution >= 0.6 is 23.4 Å². The van der Waals surface area contributed by atoms with Crippen LogP contribution in [0.3, 0.4) is 0 Å². The van der Waals surface area contributed by atoms with E-state index in [0.717, 1.165) is 29.1 Å². The summed E-state index contributed by atoms with van der Waals surface area (Å²) in [4.78, 5) is 30.6. The second kappa shape index (κ2) is 10.1. The number of H-pyrrole nitrogens is 1. The molecule has 1 aromatic heterocycles. The maximum Gasteiger partial charge on any atom is 0.270 e. The number of nitrogens with one attached hydrogen (secondary N) is 2. The third-order valence-corrected chi connectivity index (χ3v) is 7.71. The van der Waals surface area contributed by atoms with E-state index in [4.69, 9.17) is 11.6 Å². The summed E-state index contributed by atoms with van der Waals surface area (Å²) in [6, 6.07) is 13.5. The van der Waals surface area contributed by atoms with Crippen LogP contribution in [0.1, 0.15) is 31.9 Å². The molecule has 0 unspecified atom stereocenters. The molecule has 0 aliphatic rings. The molecule has 1 amide bonds. The smallest absolute Gasteiger partial charge is 0.270 e. The van der Waals surface area contributed by atoms with Gasteiger partial charge in [0.15, 0.2) is 10.1 Å². The molecule has 0 aliphatic heterocycles. The number of thioether (sulfide) groups is 1. The van der Waals surface area contributed by atoms with E-state index in [1.807, 2.05) is 32.9 Å². The molecule has 0 aliphatic carbocycles. The first-order valence-corrected chi connectivity index (χ1v) is 12.9. The number of nitrogens with zero attached hydrogens (tertiary/aromatic N) is 1. The topological polar surface area (TPSA) is 109 Å². The van der Waals surface area contributed by atoms with E-state index in [0.29, 0.717) is 11.6 Å². The lowest BCUT2D eigenvalue weighted by Crippen LogP contribution is -2.25. The van der Waals surface area contributed by atoms with Crippen LogP contribution in [0.5, 0.6) is 0 Å². The Labute approximate surface area is 201 Å². The Kier molecular flexibility index (Phi) is 7.66. The molecule has 33 heavy (non-hydrogen) atoms. The van der Waals surface area contributed by atoms with Gasteiger partial charge in [0.25, 0.3) is 5.56 Å². The monoisotopic (exact) mass is 505 g/mol. The van der Waals surface area contributed by atoms with Crippen molar-refractivity contribution < 1.29 is 13.2 Å².